The molecular formula is C35H43N7O7S. The topological polar surface area (TPSA) is 167 Å². The van der Waals surface area contributed by atoms with E-state index >= 15 is 0 Å². The second-order valence-corrected chi connectivity index (χ2v) is 14.6. The van der Waals surface area contributed by atoms with Crippen LogP contribution in [0.15, 0.2) is 35.9 Å². The third kappa shape index (κ3) is 6.92. The number of methoxy groups -OCH3 is 1. The number of fused-ring (bicyclic) bond motifs is 3. The molecule has 2 N–H and O–H groups in total. The predicted octanol–water partition coefficient (Wildman–Crippen LogP) is 4.05. The van der Waals surface area contributed by atoms with Crippen LogP contribution in [-0.4, -0.2) is 92.0 Å². The van der Waals surface area contributed by atoms with Gasteiger partial charge in [-0.15, -0.1) is 11.3 Å². The molecule has 14 nitrogen and oxygen atoms in total. The van der Waals surface area contributed by atoms with Crippen LogP contribution >= 0.6 is 11.3 Å². The van der Waals surface area contributed by atoms with E-state index in [0.29, 0.717) is 42.2 Å². The number of carbonyl (C=O) groups excluding carboxylic acids is 4. The van der Waals surface area contributed by atoms with Crippen molar-refractivity contribution in [2.75, 3.05) is 13.7 Å². The quantitative estimate of drug-likeness (QED) is 0.282. The second-order valence-electron chi connectivity index (χ2n) is 13.6. The van der Waals surface area contributed by atoms with Crippen LogP contribution in [-0.2, 0) is 30.9 Å². The molecule has 3 aromatic heterocycles. The van der Waals surface area contributed by atoms with Gasteiger partial charge in [0.2, 0.25) is 17.7 Å². The Balaban J connectivity index is 1.18. The van der Waals surface area contributed by atoms with E-state index in [9.17, 15) is 19.2 Å². The number of allylic oxidation sites excluding steroid dienone is 1. The highest BCUT2D eigenvalue weighted by Gasteiger charge is 2.62. The molecule has 5 heterocycles. The minimum absolute atomic E-state index is 0.0687. The van der Waals surface area contributed by atoms with E-state index in [2.05, 4.69) is 15.7 Å². The van der Waals surface area contributed by atoms with Crippen molar-refractivity contribution in [3.63, 3.8) is 0 Å². The molecule has 15 heteroatoms. The van der Waals surface area contributed by atoms with Crippen molar-refractivity contribution in [2.45, 2.75) is 100 Å². The Labute approximate surface area is 293 Å². The van der Waals surface area contributed by atoms with Crippen LogP contribution < -0.4 is 15.4 Å². The first-order chi connectivity index (χ1) is 24.3. The van der Waals surface area contributed by atoms with Crippen LogP contribution in [0.1, 0.15) is 70.6 Å². The van der Waals surface area contributed by atoms with Gasteiger partial charge in [0.05, 0.1) is 19.2 Å². The van der Waals surface area contributed by atoms with Crippen LogP contribution in [0, 0.1) is 5.92 Å². The number of hydrogen-bond donors (Lipinski definition) is 2. The maximum Gasteiger partial charge on any atom is 0.408 e. The summed E-state index contributed by atoms with van der Waals surface area (Å²) < 4.78 is 19.8. The second kappa shape index (κ2) is 14.4. The maximum absolute atomic E-state index is 14.4. The summed E-state index contributed by atoms with van der Waals surface area (Å²) in [5.41, 5.74) is 0.207. The van der Waals surface area contributed by atoms with Crippen molar-refractivity contribution < 1.29 is 33.4 Å². The van der Waals surface area contributed by atoms with Gasteiger partial charge < -0.3 is 29.7 Å². The molecule has 4 aliphatic rings. The molecule has 0 radical (unpaired) electrons. The molecule has 2 saturated carbocycles. The normalized spacial score (nSPS) is 27.5. The standard InChI is InChI=1S/C35H43N7O7S/c1-41-26(14-16-36-41)29-37-24-15-17-50-28(24)31(39-29)48-23-18-27-30(43)40-35(33(45)47-2)19-21(35)10-6-4-3-5-7-13-25(32(44)42(27)20-23)38-34(46)49-22-11-8-9-12-22/h6,10,14-17,21-23,25,27H,3-5,7-9,11-13,18-20H2,1-2H3,(H,38,46)(H,40,43)/t21-,23-,25+,27+,35-/m1/s1. The molecule has 5 atom stereocenters. The molecule has 7 rings (SSSR count). The Morgan fingerprint density at radius 3 is 2.66 bits per heavy atom. The molecule has 0 spiro atoms. The number of aromatic nitrogens is 4. The number of alkyl carbamates (subject to hydrolysis) is 1. The van der Waals surface area contributed by atoms with E-state index in [1.54, 1.807) is 17.9 Å². The van der Waals surface area contributed by atoms with Gasteiger partial charge in [0.1, 0.15) is 40.2 Å². The summed E-state index contributed by atoms with van der Waals surface area (Å²) in [5, 5.41) is 12.0. The Hall–Kier alpha value is -4.53. The average molecular weight is 706 g/mol. The first-order valence-electron chi connectivity index (χ1n) is 17.5. The fraction of sp³-hybridized carbons (Fsp3) is 0.571. The molecule has 0 aromatic carbocycles. The summed E-state index contributed by atoms with van der Waals surface area (Å²) in [7, 11) is 3.11. The van der Waals surface area contributed by atoms with Gasteiger partial charge in [0.25, 0.3) is 0 Å². The number of carbonyl (C=O) groups is 4. The molecule has 266 valence electrons. The van der Waals surface area contributed by atoms with Crippen molar-refractivity contribution in [2.24, 2.45) is 13.0 Å². The number of rotatable bonds is 6. The number of aryl methyl sites for hydroxylation is 1. The van der Waals surface area contributed by atoms with Crippen LogP contribution in [0.2, 0.25) is 0 Å². The van der Waals surface area contributed by atoms with E-state index in [4.69, 9.17) is 24.2 Å². The van der Waals surface area contributed by atoms with Crippen molar-refractivity contribution >= 4 is 45.4 Å². The van der Waals surface area contributed by atoms with Gasteiger partial charge in [0, 0.05) is 25.6 Å². The zero-order chi connectivity index (χ0) is 34.8. The van der Waals surface area contributed by atoms with Crippen LogP contribution in [0.3, 0.4) is 0 Å². The van der Waals surface area contributed by atoms with Gasteiger partial charge in [-0.1, -0.05) is 25.0 Å². The number of nitrogens with zero attached hydrogens (tertiary/aromatic N) is 5. The smallest absolute Gasteiger partial charge is 0.408 e. The summed E-state index contributed by atoms with van der Waals surface area (Å²) in [6.07, 6.45) is 12.1. The molecule has 3 aromatic rings. The molecule has 1 saturated heterocycles. The van der Waals surface area contributed by atoms with Gasteiger partial charge in [-0.3, -0.25) is 14.3 Å². The minimum atomic E-state index is -1.20. The lowest BCUT2D eigenvalue weighted by atomic mass is 10.0. The van der Waals surface area contributed by atoms with E-state index in [-0.39, 0.29) is 25.0 Å². The predicted molar refractivity (Wildman–Crippen MR) is 183 cm³/mol. The number of nitrogens with one attached hydrogen (secondary N) is 2. The Morgan fingerprint density at radius 1 is 1.06 bits per heavy atom. The van der Waals surface area contributed by atoms with Gasteiger partial charge in [-0.25, -0.2) is 14.6 Å². The average Bonchev–Trinajstić information content (AvgIpc) is 3.71. The summed E-state index contributed by atoms with van der Waals surface area (Å²) >= 11 is 1.44. The van der Waals surface area contributed by atoms with Gasteiger partial charge >= 0.3 is 12.1 Å². The highest BCUT2D eigenvalue weighted by Crippen LogP contribution is 2.46. The molecule has 50 heavy (non-hydrogen) atoms. The van der Waals surface area contributed by atoms with E-state index in [1.807, 2.05) is 29.7 Å². The summed E-state index contributed by atoms with van der Waals surface area (Å²) in [6.45, 7) is 0.0687. The highest BCUT2D eigenvalue weighted by atomic mass is 32.1. The lowest BCUT2D eigenvalue weighted by Gasteiger charge is -2.29. The number of esters is 1. The van der Waals surface area contributed by atoms with Gasteiger partial charge in [-0.05, 0) is 68.9 Å². The highest BCUT2D eigenvalue weighted by molar-refractivity contribution is 7.17. The lowest BCUT2D eigenvalue weighted by Crippen LogP contribution is -2.56. The lowest BCUT2D eigenvalue weighted by molar-refractivity contribution is -0.148. The Bertz CT molecular complexity index is 1790. The third-order valence-corrected chi connectivity index (χ3v) is 11.1. The minimum Gasteiger partial charge on any atom is -0.471 e. The van der Waals surface area contributed by atoms with Crippen LogP contribution in [0.4, 0.5) is 4.79 Å². The Kier molecular flexibility index (Phi) is 9.76. The first kappa shape index (κ1) is 33.9. The van der Waals surface area contributed by atoms with E-state index < -0.39 is 47.6 Å². The zero-order valence-electron chi connectivity index (χ0n) is 28.3. The largest absolute Gasteiger partial charge is 0.471 e. The fourth-order valence-electron chi connectivity index (χ4n) is 7.43. The molecule has 2 aliphatic carbocycles. The van der Waals surface area contributed by atoms with E-state index in [0.717, 1.165) is 49.6 Å². The third-order valence-electron chi connectivity index (χ3n) is 10.3. The van der Waals surface area contributed by atoms with Crippen LogP contribution in [0.5, 0.6) is 5.88 Å². The summed E-state index contributed by atoms with van der Waals surface area (Å²) in [6, 6.07) is 1.82. The van der Waals surface area contributed by atoms with Gasteiger partial charge in [-0.2, -0.15) is 10.1 Å². The fourth-order valence-corrected chi connectivity index (χ4v) is 8.19. The van der Waals surface area contributed by atoms with Crippen molar-refractivity contribution in [3.8, 4) is 17.4 Å². The van der Waals surface area contributed by atoms with Crippen molar-refractivity contribution in [3.05, 3.63) is 35.9 Å². The number of amides is 3. The number of thiophene rings is 1. The molecule has 0 unspecified atom stereocenters. The number of hydrogen-bond acceptors (Lipinski definition) is 11. The van der Waals surface area contributed by atoms with E-state index in [1.165, 1.54) is 23.3 Å². The monoisotopic (exact) mass is 705 g/mol. The van der Waals surface area contributed by atoms with Crippen LogP contribution in [0.25, 0.3) is 21.7 Å². The molecule has 0 bridgehead atoms. The molecule has 3 amide bonds. The van der Waals surface area contributed by atoms with Crippen molar-refractivity contribution in [1.29, 1.82) is 0 Å². The maximum atomic E-state index is 14.4. The van der Waals surface area contributed by atoms with Crippen molar-refractivity contribution in [1.82, 2.24) is 35.3 Å². The molecule has 2 aliphatic heterocycles. The zero-order valence-corrected chi connectivity index (χ0v) is 29.2. The van der Waals surface area contributed by atoms with Gasteiger partial charge in [0.15, 0.2) is 5.82 Å². The summed E-state index contributed by atoms with van der Waals surface area (Å²) in [4.78, 5) is 65.7. The molecular weight excluding hydrogens is 662 g/mol. The summed E-state index contributed by atoms with van der Waals surface area (Å²) in [5.74, 6) is -0.828. The number of ether oxygens (including phenoxy) is 3. The SMILES string of the molecule is COC(=O)[C@@]12C[C@H]1C=CCCCCC[C@H](NC(=O)OC1CCCC1)C(=O)N1C[C@H](Oc3nc(-c4ccnn4C)nc4ccsc34)C[C@H]1C(=O)N2. The Morgan fingerprint density at radius 2 is 1.88 bits per heavy atom. The molecule has 3 fully saturated rings. The first-order valence-corrected chi connectivity index (χ1v) is 18.4.